The van der Waals surface area contributed by atoms with Crippen molar-refractivity contribution in [1.82, 2.24) is 4.98 Å². The summed E-state index contributed by atoms with van der Waals surface area (Å²) in [5, 5.41) is 12.9. The second-order valence-corrected chi connectivity index (χ2v) is 6.89. The highest BCUT2D eigenvalue weighted by Gasteiger charge is 2.18. The van der Waals surface area contributed by atoms with Crippen molar-refractivity contribution in [2.45, 2.75) is 31.0 Å². The number of anilines is 1. The topological polar surface area (TPSA) is 65.8 Å². The lowest BCUT2D eigenvalue weighted by Gasteiger charge is -2.13. The molecule has 0 spiro atoms. The first kappa shape index (κ1) is 17.3. The van der Waals surface area contributed by atoms with Gasteiger partial charge in [0.2, 0.25) is 5.91 Å². The van der Waals surface area contributed by atoms with Gasteiger partial charge in [-0.25, -0.2) is 4.98 Å². The molecule has 1 amide bonds. The van der Waals surface area contributed by atoms with Crippen LogP contribution in [0.4, 0.5) is 5.69 Å². The fraction of sp³-hybridized carbons (Fsp3) is 0.235. The second kappa shape index (κ2) is 7.49. The third-order valence-electron chi connectivity index (χ3n) is 3.19. The van der Waals surface area contributed by atoms with E-state index in [4.69, 9.17) is 11.6 Å². The summed E-state index contributed by atoms with van der Waals surface area (Å²) in [6.07, 6.45) is 0. The number of carbonyl (C=O) groups is 1. The number of aromatic nitrogens is 1. The Morgan fingerprint density at radius 1 is 1.35 bits per heavy atom. The van der Waals surface area contributed by atoms with Crippen LogP contribution in [0.2, 0.25) is 5.02 Å². The number of thioether (sulfide) groups is 1. The smallest absolute Gasteiger partial charge is 0.237 e. The maximum Gasteiger partial charge on any atom is 0.237 e. The second-order valence-electron chi connectivity index (χ2n) is 5.13. The molecule has 0 unspecified atom stereocenters. The van der Waals surface area contributed by atoms with E-state index in [1.54, 1.807) is 31.2 Å². The van der Waals surface area contributed by atoms with Crippen LogP contribution in [0.5, 0.6) is 0 Å². The Morgan fingerprint density at radius 3 is 2.61 bits per heavy atom. The van der Waals surface area contributed by atoms with Crippen molar-refractivity contribution in [2.75, 3.05) is 5.32 Å². The zero-order valence-electron chi connectivity index (χ0n) is 13.1. The predicted molar refractivity (Wildman–Crippen MR) is 93.8 cm³/mol. The van der Waals surface area contributed by atoms with Crippen LogP contribution >= 0.6 is 23.4 Å². The number of amides is 1. The number of carbonyl (C=O) groups excluding carboxylic acids is 1. The minimum Gasteiger partial charge on any atom is -0.325 e. The molecule has 2 rings (SSSR count). The minimum absolute atomic E-state index is 0.151. The van der Waals surface area contributed by atoms with Crippen LogP contribution in [0.15, 0.2) is 35.4 Å². The van der Waals surface area contributed by atoms with Gasteiger partial charge in [0.1, 0.15) is 11.1 Å². The molecule has 0 aliphatic carbocycles. The number of benzene rings is 1. The van der Waals surface area contributed by atoms with Crippen LogP contribution in [0.1, 0.15) is 23.7 Å². The number of nitriles is 1. The number of nitrogens with one attached hydrogen (secondary N) is 1. The van der Waals surface area contributed by atoms with Crippen molar-refractivity contribution in [3.63, 3.8) is 0 Å². The fourth-order valence-electron chi connectivity index (χ4n) is 2.02. The average molecular weight is 346 g/mol. The van der Waals surface area contributed by atoms with Gasteiger partial charge in [0.15, 0.2) is 0 Å². The van der Waals surface area contributed by atoms with Gasteiger partial charge in [-0.3, -0.25) is 4.79 Å². The first-order valence-electron chi connectivity index (χ1n) is 7.02. The fourth-order valence-corrected chi connectivity index (χ4v) is 3.17. The number of aryl methyl sites for hydroxylation is 2. The molecular formula is C17H16ClN3OS. The molecule has 1 aromatic carbocycles. The third kappa shape index (κ3) is 4.47. The van der Waals surface area contributed by atoms with E-state index in [-0.39, 0.29) is 11.2 Å². The van der Waals surface area contributed by atoms with Crippen LogP contribution in [-0.2, 0) is 4.79 Å². The molecule has 1 atom stereocenters. The Balaban J connectivity index is 2.12. The molecule has 2 aromatic rings. The summed E-state index contributed by atoms with van der Waals surface area (Å²) < 4.78 is 0. The Hall–Kier alpha value is -2.03. The molecule has 0 radical (unpaired) electrons. The van der Waals surface area contributed by atoms with E-state index in [9.17, 15) is 10.1 Å². The van der Waals surface area contributed by atoms with E-state index in [0.29, 0.717) is 21.3 Å². The van der Waals surface area contributed by atoms with Crippen molar-refractivity contribution >= 4 is 35.0 Å². The van der Waals surface area contributed by atoms with Crippen LogP contribution in [0.3, 0.4) is 0 Å². The van der Waals surface area contributed by atoms with Crippen molar-refractivity contribution < 1.29 is 4.79 Å². The molecule has 4 nitrogen and oxygen atoms in total. The average Bonchev–Trinajstić information content (AvgIpc) is 2.49. The van der Waals surface area contributed by atoms with Gasteiger partial charge in [-0.05, 0) is 56.7 Å². The van der Waals surface area contributed by atoms with Crippen molar-refractivity contribution in [2.24, 2.45) is 0 Å². The van der Waals surface area contributed by atoms with E-state index >= 15 is 0 Å². The van der Waals surface area contributed by atoms with Gasteiger partial charge >= 0.3 is 0 Å². The highest BCUT2D eigenvalue weighted by Crippen LogP contribution is 2.28. The van der Waals surface area contributed by atoms with Crippen LogP contribution in [-0.4, -0.2) is 16.1 Å². The Bertz CT molecular complexity index is 769. The van der Waals surface area contributed by atoms with Gasteiger partial charge in [0.05, 0.1) is 10.8 Å². The van der Waals surface area contributed by atoms with Crippen LogP contribution in [0, 0.1) is 25.2 Å². The van der Waals surface area contributed by atoms with E-state index < -0.39 is 0 Å². The Kier molecular flexibility index (Phi) is 5.64. The molecule has 1 heterocycles. The molecule has 0 saturated carbocycles. The number of pyridine rings is 1. The summed E-state index contributed by atoms with van der Waals surface area (Å²) in [5.74, 6) is -0.151. The summed E-state index contributed by atoms with van der Waals surface area (Å²) in [4.78, 5) is 16.7. The van der Waals surface area contributed by atoms with Crippen LogP contribution in [0.25, 0.3) is 0 Å². The predicted octanol–water partition coefficient (Wildman–Crippen LogP) is 4.34. The van der Waals surface area contributed by atoms with Crippen molar-refractivity contribution in [3.05, 3.63) is 52.2 Å². The maximum atomic E-state index is 12.3. The summed E-state index contributed by atoms with van der Waals surface area (Å²) in [6.45, 7) is 5.53. The molecule has 6 heteroatoms. The first-order chi connectivity index (χ1) is 10.9. The Labute approximate surface area is 144 Å². The van der Waals surface area contributed by atoms with E-state index in [2.05, 4.69) is 16.4 Å². The molecule has 23 heavy (non-hydrogen) atoms. The zero-order chi connectivity index (χ0) is 17.0. The zero-order valence-corrected chi connectivity index (χ0v) is 14.6. The normalized spacial score (nSPS) is 11.6. The van der Waals surface area contributed by atoms with Crippen molar-refractivity contribution in [3.8, 4) is 6.07 Å². The molecule has 0 saturated heterocycles. The SMILES string of the molecule is Cc1cc(C)c(C#N)c(S[C@@H](C)C(=O)Nc2ccc(Cl)cc2)n1. The number of hydrogen-bond acceptors (Lipinski definition) is 4. The van der Waals surface area contributed by atoms with Gasteiger partial charge in [-0.2, -0.15) is 5.26 Å². The highest BCUT2D eigenvalue weighted by molar-refractivity contribution is 8.00. The molecule has 1 aromatic heterocycles. The highest BCUT2D eigenvalue weighted by atomic mass is 35.5. The number of halogens is 1. The molecule has 0 aliphatic rings. The van der Waals surface area contributed by atoms with Gasteiger partial charge in [0.25, 0.3) is 0 Å². The quantitative estimate of drug-likeness (QED) is 0.837. The van der Waals surface area contributed by atoms with Crippen LogP contribution < -0.4 is 5.32 Å². The van der Waals surface area contributed by atoms with E-state index in [1.807, 2.05) is 19.9 Å². The lowest BCUT2D eigenvalue weighted by Crippen LogP contribution is -2.22. The van der Waals surface area contributed by atoms with Gasteiger partial charge in [-0.1, -0.05) is 23.4 Å². The lowest BCUT2D eigenvalue weighted by molar-refractivity contribution is -0.115. The molecule has 0 aliphatic heterocycles. The van der Waals surface area contributed by atoms with E-state index in [1.165, 1.54) is 11.8 Å². The monoisotopic (exact) mass is 345 g/mol. The minimum atomic E-state index is -0.383. The molecule has 1 N–H and O–H groups in total. The third-order valence-corrected chi connectivity index (χ3v) is 4.53. The molecule has 0 bridgehead atoms. The first-order valence-corrected chi connectivity index (χ1v) is 8.28. The summed E-state index contributed by atoms with van der Waals surface area (Å²) in [7, 11) is 0. The number of nitrogens with zero attached hydrogens (tertiary/aromatic N) is 2. The largest absolute Gasteiger partial charge is 0.325 e. The van der Waals surface area contributed by atoms with Gasteiger partial charge in [-0.15, -0.1) is 0 Å². The number of hydrogen-bond donors (Lipinski definition) is 1. The summed E-state index contributed by atoms with van der Waals surface area (Å²) in [5.41, 5.74) is 2.90. The number of rotatable bonds is 4. The summed E-state index contributed by atoms with van der Waals surface area (Å²) in [6, 6.07) is 10.9. The van der Waals surface area contributed by atoms with Gasteiger partial charge in [0, 0.05) is 16.4 Å². The van der Waals surface area contributed by atoms with Gasteiger partial charge < -0.3 is 5.32 Å². The van der Waals surface area contributed by atoms with Crippen molar-refractivity contribution in [1.29, 1.82) is 5.26 Å². The Morgan fingerprint density at radius 2 is 2.00 bits per heavy atom. The summed E-state index contributed by atoms with van der Waals surface area (Å²) >= 11 is 7.11. The molecular weight excluding hydrogens is 330 g/mol. The maximum absolute atomic E-state index is 12.3. The molecule has 118 valence electrons. The standard InChI is InChI=1S/C17H16ClN3OS/c1-10-8-11(2)20-17(15(10)9-19)23-12(3)16(22)21-14-6-4-13(18)5-7-14/h4-8,12H,1-3H3,(H,21,22)/t12-/m0/s1. The molecule has 0 fully saturated rings. The van der Waals surface area contributed by atoms with E-state index in [0.717, 1.165) is 11.3 Å². The lowest BCUT2D eigenvalue weighted by atomic mass is 10.1.